The minimum atomic E-state index is 0.181. The first-order chi connectivity index (χ1) is 10.2. The summed E-state index contributed by atoms with van der Waals surface area (Å²) in [4.78, 5) is 10.8. The van der Waals surface area contributed by atoms with Crippen LogP contribution in [-0.4, -0.2) is 13.4 Å². The van der Waals surface area contributed by atoms with E-state index >= 15 is 0 Å². The molecule has 106 valence electrons. The minimum absolute atomic E-state index is 0.181. The van der Waals surface area contributed by atoms with Gasteiger partial charge < -0.3 is 9.47 Å². The van der Waals surface area contributed by atoms with Crippen LogP contribution >= 0.6 is 11.6 Å². The van der Waals surface area contributed by atoms with Crippen LogP contribution in [0.5, 0.6) is 11.5 Å². The van der Waals surface area contributed by atoms with Crippen LogP contribution in [0, 0.1) is 11.3 Å². The van der Waals surface area contributed by atoms with Gasteiger partial charge in [0, 0.05) is 11.1 Å². The van der Waals surface area contributed by atoms with Crippen LogP contribution in [0.2, 0.25) is 5.02 Å². The second-order valence-electron chi connectivity index (χ2n) is 4.21. The van der Waals surface area contributed by atoms with E-state index in [-0.39, 0.29) is 11.6 Å². The van der Waals surface area contributed by atoms with Gasteiger partial charge in [0.1, 0.15) is 12.9 Å². The Balaban J connectivity index is 2.28. The third-order valence-electron chi connectivity index (χ3n) is 2.90. The molecule has 0 aliphatic carbocycles. The van der Waals surface area contributed by atoms with Crippen LogP contribution in [0.3, 0.4) is 0 Å². The highest BCUT2D eigenvalue weighted by molar-refractivity contribution is 6.32. The summed E-state index contributed by atoms with van der Waals surface area (Å²) in [5.74, 6) is 0.719. The Kier molecular flexibility index (Phi) is 4.81. The summed E-state index contributed by atoms with van der Waals surface area (Å²) < 4.78 is 10.8. The van der Waals surface area contributed by atoms with Gasteiger partial charge in [0.25, 0.3) is 0 Å². The predicted octanol–water partition coefficient (Wildman–Crippen LogP) is 3.61. The van der Waals surface area contributed by atoms with E-state index in [2.05, 4.69) is 6.07 Å². The number of nitriles is 1. The molecule has 2 rings (SSSR count). The number of benzene rings is 2. The Bertz CT molecular complexity index is 707. The number of hydrogen-bond donors (Lipinski definition) is 0. The van der Waals surface area contributed by atoms with Gasteiger partial charge in [-0.05, 0) is 18.2 Å². The fourth-order valence-electron chi connectivity index (χ4n) is 1.85. The number of methoxy groups -OCH3 is 1. The molecule has 0 fully saturated rings. The number of hydrogen-bond acceptors (Lipinski definition) is 4. The molecule has 0 aliphatic rings. The third-order valence-corrected chi connectivity index (χ3v) is 3.18. The van der Waals surface area contributed by atoms with E-state index in [1.165, 1.54) is 13.2 Å². The zero-order valence-corrected chi connectivity index (χ0v) is 12.1. The van der Waals surface area contributed by atoms with Crippen molar-refractivity contribution in [2.75, 3.05) is 7.11 Å². The van der Waals surface area contributed by atoms with E-state index in [1.807, 2.05) is 6.07 Å². The predicted molar refractivity (Wildman–Crippen MR) is 78.9 cm³/mol. The fourth-order valence-corrected chi connectivity index (χ4v) is 2.13. The second kappa shape index (κ2) is 6.78. The lowest BCUT2D eigenvalue weighted by molar-refractivity contribution is 0.112. The van der Waals surface area contributed by atoms with Crippen LogP contribution in [0.15, 0.2) is 36.4 Å². The van der Waals surface area contributed by atoms with Crippen molar-refractivity contribution in [2.45, 2.75) is 6.61 Å². The van der Waals surface area contributed by atoms with Gasteiger partial charge in [-0.15, -0.1) is 0 Å². The van der Waals surface area contributed by atoms with Crippen LogP contribution in [0.4, 0.5) is 0 Å². The van der Waals surface area contributed by atoms with Crippen molar-refractivity contribution >= 4 is 17.9 Å². The Morgan fingerprint density at radius 2 is 2.10 bits per heavy atom. The van der Waals surface area contributed by atoms with Crippen LogP contribution in [0.25, 0.3) is 0 Å². The Morgan fingerprint density at radius 3 is 2.76 bits per heavy atom. The summed E-state index contributed by atoms with van der Waals surface area (Å²) in [5, 5.41) is 9.33. The molecular weight excluding hydrogens is 290 g/mol. The lowest BCUT2D eigenvalue weighted by atomic mass is 10.1. The summed E-state index contributed by atoms with van der Waals surface area (Å²) >= 11 is 6.10. The SMILES string of the molecule is COc1cc(C=O)cc(Cl)c1OCc1ccccc1C#N. The smallest absolute Gasteiger partial charge is 0.180 e. The molecule has 0 radical (unpaired) electrons. The highest BCUT2D eigenvalue weighted by Crippen LogP contribution is 2.36. The monoisotopic (exact) mass is 301 g/mol. The topological polar surface area (TPSA) is 59.3 Å². The standard InChI is InChI=1S/C16H12ClNO3/c1-20-15-7-11(9-19)6-14(17)16(15)21-10-13-5-3-2-4-12(13)8-18/h2-7,9H,10H2,1H3. The van der Waals surface area contributed by atoms with Gasteiger partial charge in [-0.3, -0.25) is 4.79 Å². The number of ether oxygens (including phenoxy) is 2. The van der Waals surface area contributed by atoms with Crippen molar-refractivity contribution in [3.63, 3.8) is 0 Å². The highest BCUT2D eigenvalue weighted by atomic mass is 35.5. The first-order valence-corrected chi connectivity index (χ1v) is 6.51. The van der Waals surface area contributed by atoms with E-state index in [1.54, 1.807) is 24.3 Å². The van der Waals surface area contributed by atoms with Gasteiger partial charge in [-0.25, -0.2) is 0 Å². The van der Waals surface area contributed by atoms with E-state index in [0.717, 1.165) is 5.56 Å². The van der Waals surface area contributed by atoms with E-state index in [0.29, 0.717) is 28.9 Å². The van der Waals surface area contributed by atoms with Crippen LogP contribution < -0.4 is 9.47 Å². The third kappa shape index (κ3) is 3.33. The zero-order valence-electron chi connectivity index (χ0n) is 11.3. The van der Waals surface area contributed by atoms with Crippen LogP contribution in [-0.2, 0) is 6.61 Å². The molecule has 5 heteroatoms. The number of aldehydes is 1. The quantitative estimate of drug-likeness (QED) is 0.792. The molecule has 0 bridgehead atoms. The molecule has 0 unspecified atom stereocenters. The van der Waals surface area contributed by atoms with E-state index < -0.39 is 0 Å². The molecule has 0 saturated heterocycles. The van der Waals surface area contributed by atoms with Gasteiger partial charge in [0.05, 0.1) is 23.8 Å². The number of rotatable bonds is 5. The molecule has 0 amide bonds. The average molecular weight is 302 g/mol. The summed E-state index contributed by atoms with van der Waals surface area (Å²) in [6, 6.07) is 12.3. The number of nitrogens with zero attached hydrogens (tertiary/aromatic N) is 1. The maximum atomic E-state index is 10.8. The molecule has 21 heavy (non-hydrogen) atoms. The maximum absolute atomic E-state index is 10.8. The fraction of sp³-hybridized carbons (Fsp3) is 0.125. The van der Waals surface area contributed by atoms with E-state index in [9.17, 15) is 4.79 Å². The molecule has 0 N–H and O–H groups in total. The lowest BCUT2D eigenvalue weighted by Gasteiger charge is -2.13. The Hall–Kier alpha value is -2.51. The second-order valence-corrected chi connectivity index (χ2v) is 4.62. The van der Waals surface area contributed by atoms with E-state index in [4.69, 9.17) is 26.3 Å². The molecule has 0 spiro atoms. The highest BCUT2D eigenvalue weighted by Gasteiger charge is 2.13. The minimum Gasteiger partial charge on any atom is -0.493 e. The lowest BCUT2D eigenvalue weighted by Crippen LogP contribution is -2.01. The molecule has 2 aromatic carbocycles. The zero-order chi connectivity index (χ0) is 15.2. The summed E-state index contributed by atoms with van der Waals surface area (Å²) in [6.45, 7) is 0.181. The van der Waals surface area contributed by atoms with Crippen molar-refractivity contribution in [3.05, 3.63) is 58.1 Å². The van der Waals surface area contributed by atoms with Crippen molar-refractivity contribution in [1.82, 2.24) is 0 Å². The average Bonchev–Trinajstić information content (AvgIpc) is 2.53. The molecule has 0 heterocycles. The summed E-state index contributed by atoms with van der Waals surface area (Å²) in [7, 11) is 1.47. The maximum Gasteiger partial charge on any atom is 0.180 e. The van der Waals surface area contributed by atoms with Gasteiger partial charge in [0.15, 0.2) is 11.5 Å². The number of carbonyl (C=O) groups is 1. The van der Waals surface area contributed by atoms with Crippen molar-refractivity contribution in [3.8, 4) is 17.6 Å². The summed E-state index contributed by atoms with van der Waals surface area (Å²) in [6.07, 6.45) is 0.684. The first-order valence-electron chi connectivity index (χ1n) is 6.13. The van der Waals surface area contributed by atoms with Crippen molar-refractivity contribution in [2.24, 2.45) is 0 Å². The number of carbonyl (C=O) groups excluding carboxylic acids is 1. The van der Waals surface area contributed by atoms with Crippen molar-refractivity contribution in [1.29, 1.82) is 5.26 Å². The molecule has 4 nitrogen and oxygen atoms in total. The molecule has 0 aliphatic heterocycles. The first kappa shape index (κ1) is 14.9. The van der Waals surface area contributed by atoms with Gasteiger partial charge in [0.2, 0.25) is 0 Å². The molecular formula is C16H12ClNO3. The summed E-state index contributed by atoms with van der Waals surface area (Å²) in [5.41, 5.74) is 1.69. The molecule has 0 aromatic heterocycles. The Labute approximate surface area is 127 Å². The largest absolute Gasteiger partial charge is 0.493 e. The van der Waals surface area contributed by atoms with Crippen LogP contribution in [0.1, 0.15) is 21.5 Å². The normalized spacial score (nSPS) is 9.76. The van der Waals surface area contributed by atoms with Gasteiger partial charge in [-0.1, -0.05) is 29.8 Å². The van der Waals surface area contributed by atoms with Crippen molar-refractivity contribution < 1.29 is 14.3 Å². The molecule has 0 atom stereocenters. The van der Waals surface area contributed by atoms with Gasteiger partial charge >= 0.3 is 0 Å². The number of halogens is 1. The van der Waals surface area contributed by atoms with Gasteiger partial charge in [-0.2, -0.15) is 5.26 Å². The molecule has 0 saturated carbocycles. The molecule has 2 aromatic rings. The Morgan fingerprint density at radius 1 is 1.33 bits per heavy atom.